The normalized spacial score (nSPS) is 13.8. The van der Waals surface area contributed by atoms with Gasteiger partial charge in [0, 0.05) is 35.7 Å². The summed E-state index contributed by atoms with van der Waals surface area (Å²) >= 11 is 0. The van der Waals surface area contributed by atoms with Crippen molar-refractivity contribution in [1.29, 1.82) is 0 Å². The van der Waals surface area contributed by atoms with Crippen LogP contribution in [0.15, 0.2) is 79.3 Å². The van der Waals surface area contributed by atoms with E-state index >= 15 is 0 Å². The highest BCUT2D eigenvalue weighted by Gasteiger charge is 2.31. The van der Waals surface area contributed by atoms with Gasteiger partial charge in [-0.25, -0.2) is 9.97 Å². The van der Waals surface area contributed by atoms with E-state index in [4.69, 9.17) is 4.74 Å². The van der Waals surface area contributed by atoms with Gasteiger partial charge in [0.25, 0.3) is 5.91 Å². The number of aromatic amines is 1. The third kappa shape index (κ3) is 5.48. The SMILES string of the molecule is Cc1ccc(NC(=O)c2cccc(C(F)(F)F)c2)cc1N(c1ccc(N2CCOCC2)cc1)c1ncnc2[nH]ncc12. The molecular weight excluding hydrogens is 547 g/mol. The van der Waals surface area contributed by atoms with Crippen LogP contribution >= 0.6 is 0 Å². The molecule has 1 fully saturated rings. The van der Waals surface area contributed by atoms with E-state index < -0.39 is 17.6 Å². The maximum absolute atomic E-state index is 13.2. The molecule has 0 aliphatic carbocycles. The lowest BCUT2D eigenvalue weighted by molar-refractivity contribution is -0.137. The Morgan fingerprint density at radius 2 is 1.81 bits per heavy atom. The predicted molar refractivity (Wildman–Crippen MR) is 154 cm³/mol. The highest BCUT2D eigenvalue weighted by Crippen LogP contribution is 2.40. The van der Waals surface area contributed by atoms with E-state index in [9.17, 15) is 18.0 Å². The molecule has 5 aromatic rings. The molecule has 1 amide bonds. The van der Waals surface area contributed by atoms with Crippen molar-refractivity contribution < 1.29 is 22.7 Å². The number of morpholine rings is 1. The minimum atomic E-state index is -4.55. The fourth-order valence-corrected chi connectivity index (χ4v) is 4.91. The summed E-state index contributed by atoms with van der Waals surface area (Å²) in [6.07, 6.45) is -1.46. The van der Waals surface area contributed by atoms with Crippen LogP contribution in [0.3, 0.4) is 0 Å². The van der Waals surface area contributed by atoms with Crippen LogP contribution in [-0.4, -0.2) is 52.4 Å². The monoisotopic (exact) mass is 573 g/mol. The Labute approximate surface area is 239 Å². The van der Waals surface area contributed by atoms with Crippen molar-refractivity contribution in [2.45, 2.75) is 13.1 Å². The number of carbonyl (C=O) groups is 1. The van der Waals surface area contributed by atoms with Gasteiger partial charge in [-0.05, 0) is 67.1 Å². The summed E-state index contributed by atoms with van der Waals surface area (Å²) in [5, 5.41) is 10.4. The quantitative estimate of drug-likeness (QED) is 0.248. The number of hydrogen-bond donors (Lipinski definition) is 2. The number of aryl methyl sites for hydroxylation is 1. The topological polar surface area (TPSA) is 99.3 Å². The molecule has 0 atom stereocenters. The second-order valence-corrected chi connectivity index (χ2v) is 9.81. The number of anilines is 5. The summed E-state index contributed by atoms with van der Waals surface area (Å²) in [4.78, 5) is 26.0. The predicted octanol–water partition coefficient (Wildman–Crippen LogP) is 6.24. The highest BCUT2D eigenvalue weighted by molar-refractivity contribution is 6.05. The summed E-state index contributed by atoms with van der Waals surface area (Å²) in [6, 6.07) is 17.7. The molecule has 3 aromatic carbocycles. The third-order valence-corrected chi connectivity index (χ3v) is 7.08. The van der Waals surface area contributed by atoms with E-state index in [2.05, 4.69) is 30.4 Å². The molecule has 2 N–H and O–H groups in total. The van der Waals surface area contributed by atoms with Crippen LogP contribution in [0.1, 0.15) is 21.5 Å². The number of amides is 1. The average molecular weight is 574 g/mol. The summed E-state index contributed by atoms with van der Waals surface area (Å²) in [5.41, 5.74) is 3.43. The lowest BCUT2D eigenvalue weighted by Gasteiger charge is -2.30. The molecule has 1 aliphatic heterocycles. The largest absolute Gasteiger partial charge is 0.416 e. The van der Waals surface area contributed by atoms with Crippen LogP contribution in [0.5, 0.6) is 0 Å². The van der Waals surface area contributed by atoms with Gasteiger partial charge in [0.1, 0.15) is 6.33 Å². The average Bonchev–Trinajstić information content (AvgIpc) is 3.49. The van der Waals surface area contributed by atoms with Crippen molar-refractivity contribution in [1.82, 2.24) is 20.2 Å². The number of rotatable bonds is 6. The first-order valence-electron chi connectivity index (χ1n) is 13.2. The van der Waals surface area contributed by atoms with Gasteiger partial charge in [-0.2, -0.15) is 18.3 Å². The molecule has 9 nitrogen and oxygen atoms in total. The number of aromatic nitrogens is 4. The number of nitrogens with one attached hydrogen (secondary N) is 2. The Kier molecular flexibility index (Phi) is 7.21. The number of benzene rings is 3. The van der Waals surface area contributed by atoms with Gasteiger partial charge >= 0.3 is 6.18 Å². The number of fused-ring (bicyclic) bond motifs is 1. The second-order valence-electron chi connectivity index (χ2n) is 9.81. The summed E-state index contributed by atoms with van der Waals surface area (Å²) < 4.78 is 45.1. The number of carbonyl (C=O) groups excluding carboxylic acids is 1. The molecule has 0 bridgehead atoms. The molecule has 0 spiro atoms. The fraction of sp³-hybridized carbons (Fsp3) is 0.200. The Morgan fingerprint density at radius 3 is 2.57 bits per heavy atom. The number of hydrogen-bond acceptors (Lipinski definition) is 7. The fourth-order valence-electron chi connectivity index (χ4n) is 4.91. The van der Waals surface area contributed by atoms with Crippen LogP contribution in [0.25, 0.3) is 11.0 Å². The summed E-state index contributed by atoms with van der Waals surface area (Å²) in [7, 11) is 0. The summed E-state index contributed by atoms with van der Waals surface area (Å²) in [6.45, 7) is 4.88. The van der Waals surface area contributed by atoms with E-state index in [1.54, 1.807) is 18.3 Å². The van der Waals surface area contributed by atoms with Gasteiger partial charge in [-0.15, -0.1) is 0 Å². The van der Waals surface area contributed by atoms with E-state index in [1.807, 2.05) is 42.2 Å². The molecule has 3 heterocycles. The van der Waals surface area contributed by atoms with Gasteiger partial charge in [0.15, 0.2) is 11.5 Å². The standard InChI is InChI=1S/C30H26F3N7O2/c1-19-5-6-22(37-29(41)20-3-2-4-21(15-20)30(31,32)33)16-26(19)40(28-25-17-36-38-27(25)34-18-35-28)24-9-7-23(8-10-24)39-11-13-42-14-12-39/h2-10,15-18H,11-14H2,1H3,(H,37,41)(H,34,35,36,38). The third-order valence-electron chi connectivity index (χ3n) is 7.08. The van der Waals surface area contributed by atoms with E-state index in [0.29, 0.717) is 41.4 Å². The highest BCUT2D eigenvalue weighted by atomic mass is 19.4. The van der Waals surface area contributed by atoms with Gasteiger partial charge in [0.2, 0.25) is 0 Å². The first-order valence-corrected chi connectivity index (χ1v) is 13.2. The molecule has 2 aromatic heterocycles. The minimum Gasteiger partial charge on any atom is -0.378 e. The smallest absolute Gasteiger partial charge is 0.378 e. The van der Waals surface area contributed by atoms with Crippen LogP contribution in [-0.2, 0) is 10.9 Å². The molecule has 1 saturated heterocycles. The second kappa shape index (κ2) is 11.1. The summed E-state index contributed by atoms with van der Waals surface area (Å²) in [5.74, 6) is -0.0890. The number of H-pyrrole nitrogens is 1. The zero-order valence-corrected chi connectivity index (χ0v) is 22.5. The molecule has 42 heavy (non-hydrogen) atoms. The number of nitrogens with zero attached hydrogens (tertiary/aromatic N) is 5. The van der Waals surface area contributed by atoms with Crippen LogP contribution < -0.4 is 15.1 Å². The molecule has 0 saturated carbocycles. The molecule has 0 radical (unpaired) electrons. The van der Waals surface area contributed by atoms with Crippen molar-refractivity contribution in [2.75, 3.05) is 41.4 Å². The van der Waals surface area contributed by atoms with Crippen LogP contribution in [0.4, 0.5) is 41.7 Å². The van der Waals surface area contributed by atoms with Gasteiger partial charge < -0.3 is 15.0 Å². The lowest BCUT2D eigenvalue weighted by atomic mass is 10.1. The van der Waals surface area contributed by atoms with Crippen molar-refractivity contribution in [3.63, 3.8) is 0 Å². The van der Waals surface area contributed by atoms with Gasteiger partial charge in [0.05, 0.1) is 36.0 Å². The molecule has 1 aliphatic rings. The molecule has 6 rings (SSSR count). The zero-order valence-electron chi connectivity index (χ0n) is 22.5. The first kappa shape index (κ1) is 27.2. The molecule has 214 valence electrons. The first-order chi connectivity index (χ1) is 20.3. The Morgan fingerprint density at radius 1 is 1.02 bits per heavy atom. The van der Waals surface area contributed by atoms with Crippen LogP contribution in [0, 0.1) is 6.92 Å². The molecule has 0 unspecified atom stereocenters. The Balaban J connectivity index is 1.38. The van der Waals surface area contributed by atoms with Gasteiger partial charge in [-0.1, -0.05) is 12.1 Å². The maximum atomic E-state index is 13.2. The Bertz CT molecular complexity index is 1730. The molecular formula is C30H26F3N7O2. The van der Waals surface area contributed by atoms with Crippen molar-refractivity contribution in [3.8, 4) is 0 Å². The maximum Gasteiger partial charge on any atom is 0.416 e. The zero-order chi connectivity index (χ0) is 29.3. The van der Waals surface area contributed by atoms with Gasteiger partial charge in [-0.3, -0.25) is 14.8 Å². The van der Waals surface area contributed by atoms with Crippen LogP contribution in [0.2, 0.25) is 0 Å². The Hall–Kier alpha value is -4.97. The number of alkyl halides is 3. The minimum absolute atomic E-state index is 0.0987. The number of halogens is 3. The molecule has 12 heteroatoms. The van der Waals surface area contributed by atoms with E-state index in [1.165, 1.54) is 18.5 Å². The van der Waals surface area contributed by atoms with Crippen molar-refractivity contribution >= 4 is 45.5 Å². The number of ether oxygens (including phenoxy) is 1. The van der Waals surface area contributed by atoms with E-state index in [-0.39, 0.29) is 5.56 Å². The van der Waals surface area contributed by atoms with E-state index in [0.717, 1.165) is 42.2 Å². The van der Waals surface area contributed by atoms with Crippen molar-refractivity contribution in [3.05, 3.63) is 95.9 Å². The lowest BCUT2D eigenvalue weighted by Crippen LogP contribution is -2.36. The van der Waals surface area contributed by atoms with Crippen molar-refractivity contribution in [2.24, 2.45) is 0 Å².